The smallest absolute Gasteiger partial charge is 0.314 e. The molecule has 26 atom stereocenters. The van der Waals surface area contributed by atoms with Crippen molar-refractivity contribution in [3.05, 3.63) is 12.2 Å². The highest BCUT2D eigenvalue weighted by Gasteiger charge is 2.69. The molecule has 8 aliphatic rings. The van der Waals surface area contributed by atoms with Crippen molar-refractivity contribution in [2.75, 3.05) is 26.4 Å². The van der Waals surface area contributed by atoms with Crippen LogP contribution in [0, 0.1) is 28.1 Å². The molecule has 0 unspecified atom stereocenters. The summed E-state index contributed by atoms with van der Waals surface area (Å²) in [5.41, 5.74) is -2.29. The first-order chi connectivity index (χ1) is 31.6. The predicted octanol–water partition coefficient (Wildman–Crippen LogP) is -5.11. The van der Waals surface area contributed by atoms with E-state index in [1.807, 2.05) is 6.92 Å². The number of aliphatic hydroxyl groups is 14. The molecule has 0 aromatic rings. The third-order valence-electron chi connectivity index (χ3n) is 17.1. The van der Waals surface area contributed by atoms with Crippen LogP contribution in [-0.2, 0) is 42.7 Å². The predicted molar refractivity (Wildman–Crippen MR) is 219 cm³/mol. The molecule has 4 aliphatic carbocycles. The molecule has 8 rings (SSSR count). The number of ether oxygens (including phenoxy) is 8. The molecule has 23 heteroatoms. The fraction of sp³-hybridized carbons (Fsp3) is 0.932. The number of esters is 1. The van der Waals surface area contributed by atoms with Crippen molar-refractivity contribution in [3.8, 4) is 0 Å². The van der Waals surface area contributed by atoms with Gasteiger partial charge in [0.2, 0.25) is 6.29 Å². The first-order valence-corrected chi connectivity index (χ1v) is 23.4. The van der Waals surface area contributed by atoms with Crippen LogP contribution in [0.1, 0.15) is 71.6 Å². The summed E-state index contributed by atoms with van der Waals surface area (Å²) in [7, 11) is 0. The molecule has 0 amide bonds. The van der Waals surface area contributed by atoms with Gasteiger partial charge in [-0.1, -0.05) is 19.9 Å². The molecule has 4 heterocycles. The highest BCUT2D eigenvalue weighted by Crippen LogP contribution is 2.73. The Morgan fingerprint density at radius 3 is 1.52 bits per heavy atom. The zero-order valence-corrected chi connectivity index (χ0v) is 37.5. The van der Waals surface area contributed by atoms with E-state index in [4.69, 9.17) is 37.9 Å². The number of aliphatic hydroxyl groups excluding tert-OH is 14. The van der Waals surface area contributed by atoms with Gasteiger partial charge in [-0.25, -0.2) is 0 Å². The second kappa shape index (κ2) is 19.4. The SMILES string of the molecule is C=C1C[C@@]23CC[C@H]4[C@@](C)(CCC[C@@]4(C)C(=O)O[C@@H]4O[C@H](CO)[C@@H](O)[C@H](O)[C@H]4O[C@@H]4O[C@H](CO)[C@@H](O)[C@H](O)[C@H]4O)[C@@H]2CC[C@]1(O[C@@H]1O[C@H](CO)[C@@H](O)[C@H](O)[C@H]1O[C@@H]1O[C@H](CO)[C@@H](O)[C@H](O)[C@H]1O)C3. The maximum atomic E-state index is 14.7. The maximum absolute atomic E-state index is 14.7. The Hall–Kier alpha value is -1.63. The summed E-state index contributed by atoms with van der Waals surface area (Å²) in [6.07, 6.45) is -28.3. The van der Waals surface area contributed by atoms with Gasteiger partial charge in [-0.05, 0) is 86.5 Å². The summed E-state index contributed by atoms with van der Waals surface area (Å²) in [5, 5.41) is 147. The fourth-order valence-corrected chi connectivity index (χ4v) is 13.5. The Balaban J connectivity index is 1.01. The standard InChI is InChI=1S/C44H70O23/c1-17-11-43-9-5-22-41(2,7-4-8-42(22,3)40(59)66-38-34(30(55)26(51)20(14-47)62-38)64-36-32(57)28(53)24(49)18(12-45)60-36)23(43)6-10-44(17,16-43)67-39-35(31(56)27(52)21(15-48)63-39)65-37-33(58)29(54)25(50)19(13-46)61-37/h18-39,45-58H,1,4-16H2,2-3H3/t18-,19-,20-,21-,22+,23+,24-,25-,26-,27-,28+,29+,30+,31+,32-,33-,34-,35-,36+,37+,38+,39+,41-,42-,43-,44+/m1/s1. The van der Waals surface area contributed by atoms with Gasteiger partial charge >= 0.3 is 5.97 Å². The van der Waals surface area contributed by atoms with E-state index in [2.05, 4.69) is 13.5 Å². The van der Waals surface area contributed by atoms with Crippen molar-refractivity contribution in [3.63, 3.8) is 0 Å². The molecule has 2 bridgehead atoms. The van der Waals surface area contributed by atoms with Crippen molar-refractivity contribution in [1.29, 1.82) is 0 Å². The molecule has 4 saturated heterocycles. The van der Waals surface area contributed by atoms with Gasteiger partial charge in [0.05, 0.1) is 37.4 Å². The maximum Gasteiger partial charge on any atom is 0.314 e. The first-order valence-electron chi connectivity index (χ1n) is 23.4. The van der Waals surface area contributed by atoms with Gasteiger partial charge in [-0.2, -0.15) is 0 Å². The van der Waals surface area contributed by atoms with Gasteiger partial charge in [0.25, 0.3) is 0 Å². The van der Waals surface area contributed by atoms with E-state index in [1.165, 1.54) is 0 Å². The van der Waals surface area contributed by atoms with Gasteiger partial charge in [0, 0.05) is 0 Å². The molecule has 8 fully saturated rings. The average Bonchev–Trinajstić information content (AvgIpc) is 3.50. The summed E-state index contributed by atoms with van der Waals surface area (Å²) in [5.74, 6) is -0.927. The summed E-state index contributed by atoms with van der Waals surface area (Å²) >= 11 is 0. The van der Waals surface area contributed by atoms with Crippen molar-refractivity contribution in [2.45, 2.75) is 200 Å². The van der Waals surface area contributed by atoms with Crippen molar-refractivity contribution in [2.24, 2.45) is 28.1 Å². The lowest BCUT2D eigenvalue weighted by atomic mass is 9.41. The molecule has 384 valence electrons. The largest absolute Gasteiger partial charge is 0.432 e. The lowest BCUT2D eigenvalue weighted by molar-refractivity contribution is -0.378. The molecule has 0 aromatic carbocycles. The minimum atomic E-state index is -1.90. The molecule has 4 aliphatic heterocycles. The lowest BCUT2D eigenvalue weighted by Gasteiger charge is -2.64. The molecule has 67 heavy (non-hydrogen) atoms. The van der Waals surface area contributed by atoms with Gasteiger partial charge in [0.1, 0.15) is 91.6 Å². The third kappa shape index (κ3) is 8.63. The summed E-state index contributed by atoms with van der Waals surface area (Å²) in [4.78, 5) is 14.7. The van der Waals surface area contributed by atoms with Crippen LogP contribution in [-0.4, -0.2) is 232 Å². The molecular weight excluding hydrogens is 896 g/mol. The number of carbonyl (C=O) groups excluding carboxylic acids is 1. The number of hydrogen-bond acceptors (Lipinski definition) is 23. The Bertz CT molecular complexity index is 1760. The zero-order chi connectivity index (χ0) is 48.7. The van der Waals surface area contributed by atoms with E-state index < -0.39 is 172 Å². The monoisotopic (exact) mass is 966 g/mol. The van der Waals surface area contributed by atoms with Crippen LogP contribution in [0.25, 0.3) is 0 Å². The van der Waals surface area contributed by atoms with E-state index in [-0.39, 0.29) is 17.3 Å². The van der Waals surface area contributed by atoms with Gasteiger partial charge in [0.15, 0.2) is 25.0 Å². The van der Waals surface area contributed by atoms with Crippen molar-refractivity contribution < 1.29 is 114 Å². The number of hydrogen-bond donors (Lipinski definition) is 14. The van der Waals surface area contributed by atoms with Crippen LogP contribution >= 0.6 is 0 Å². The molecule has 14 N–H and O–H groups in total. The Labute approximate surface area is 386 Å². The van der Waals surface area contributed by atoms with Gasteiger partial charge in [-0.3, -0.25) is 4.79 Å². The Morgan fingerprint density at radius 2 is 1.01 bits per heavy atom. The van der Waals surface area contributed by atoms with Crippen molar-refractivity contribution >= 4 is 5.97 Å². The Morgan fingerprint density at radius 1 is 0.567 bits per heavy atom. The van der Waals surface area contributed by atoms with E-state index in [1.54, 1.807) is 0 Å². The molecule has 0 aromatic heterocycles. The minimum Gasteiger partial charge on any atom is -0.432 e. The molecular formula is C44H70O23. The third-order valence-corrected chi connectivity index (χ3v) is 17.1. The molecule has 23 nitrogen and oxygen atoms in total. The zero-order valence-electron chi connectivity index (χ0n) is 37.5. The quantitative estimate of drug-likeness (QED) is 0.0494. The molecule has 4 saturated carbocycles. The van der Waals surface area contributed by atoms with Gasteiger partial charge in [-0.15, -0.1) is 0 Å². The highest BCUT2D eigenvalue weighted by atomic mass is 16.8. The van der Waals surface area contributed by atoms with E-state index in [9.17, 15) is 76.3 Å². The first kappa shape index (κ1) is 51.7. The van der Waals surface area contributed by atoms with E-state index in [0.717, 1.165) is 12.0 Å². The van der Waals surface area contributed by atoms with Crippen molar-refractivity contribution in [1.82, 2.24) is 0 Å². The number of carbonyl (C=O) groups is 1. The Kier molecular flexibility index (Phi) is 15.0. The molecule has 0 radical (unpaired) electrons. The normalized spacial score (nSPS) is 54.5. The van der Waals surface area contributed by atoms with Crippen LogP contribution < -0.4 is 0 Å². The van der Waals surface area contributed by atoms with Crippen LogP contribution in [0.5, 0.6) is 0 Å². The van der Waals surface area contributed by atoms with Crippen LogP contribution in [0.4, 0.5) is 0 Å². The summed E-state index contributed by atoms with van der Waals surface area (Å²) in [6.45, 7) is 5.47. The summed E-state index contributed by atoms with van der Waals surface area (Å²) < 4.78 is 47.6. The second-order valence-corrected chi connectivity index (χ2v) is 20.8. The number of rotatable bonds is 12. The highest BCUT2D eigenvalue weighted by molar-refractivity contribution is 5.77. The number of fused-ring (bicyclic) bond motifs is 3. The van der Waals surface area contributed by atoms with E-state index >= 15 is 0 Å². The van der Waals surface area contributed by atoms with Crippen LogP contribution in [0.3, 0.4) is 0 Å². The fourth-order valence-electron chi connectivity index (χ4n) is 13.5. The van der Waals surface area contributed by atoms with E-state index in [0.29, 0.717) is 51.4 Å². The minimum absolute atomic E-state index is 0.0251. The van der Waals surface area contributed by atoms with Gasteiger partial charge < -0.3 is 109 Å². The average molecular weight is 967 g/mol. The van der Waals surface area contributed by atoms with Crippen LogP contribution in [0.2, 0.25) is 0 Å². The second-order valence-electron chi connectivity index (χ2n) is 20.8. The lowest BCUT2D eigenvalue weighted by Crippen LogP contribution is -2.66. The summed E-state index contributed by atoms with van der Waals surface area (Å²) in [6, 6.07) is 0. The molecule has 1 spiro atoms. The topological polar surface area (TPSA) is 374 Å². The van der Waals surface area contributed by atoms with Crippen LogP contribution in [0.15, 0.2) is 12.2 Å².